The number of fused-ring (bicyclic) bond motifs is 2. The van der Waals surface area contributed by atoms with E-state index in [1.54, 1.807) is 24.3 Å². The lowest BCUT2D eigenvalue weighted by molar-refractivity contribution is 0.0474. The number of ether oxygens (including phenoxy) is 2. The Hall–Kier alpha value is -3.39. The Balaban J connectivity index is 1.50. The molecule has 7 nitrogen and oxygen atoms in total. The Bertz CT molecular complexity index is 1230. The van der Waals surface area contributed by atoms with Gasteiger partial charge in [0.25, 0.3) is 15.9 Å². The van der Waals surface area contributed by atoms with Crippen molar-refractivity contribution in [2.24, 2.45) is 0 Å². The summed E-state index contributed by atoms with van der Waals surface area (Å²) in [5.74, 6) is -0.930. The van der Waals surface area contributed by atoms with Crippen LogP contribution in [0, 0.1) is 0 Å². The normalized spacial score (nSPS) is 14.7. The molecule has 0 radical (unpaired) electrons. The minimum absolute atomic E-state index is 0.0347. The highest BCUT2D eigenvalue weighted by atomic mass is 32.2. The molecule has 0 saturated carbocycles. The number of hydrogen-bond donors (Lipinski definition) is 0. The van der Waals surface area contributed by atoms with Crippen LogP contribution in [0.25, 0.3) is 10.8 Å². The standard InChI is InChI=1S/C21H17NO6S/c1-27-18-13-15-7-3-2-6-14(15)12-17(18)21(24)28-11-10-22-20(23)16-8-4-5-9-19(16)29(22,25)26/h2-9,12-13H,10-11H2,1H3. The summed E-state index contributed by atoms with van der Waals surface area (Å²) in [4.78, 5) is 24.9. The van der Waals surface area contributed by atoms with Crippen LogP contribution in [0.1, 0.15) is 20.7 Å². The predicted octanol–water partition coefficient (Wildman–Crippen LogP) is 2.85. The van der Waals surface area contributed by atoms with Gasteiger partial charge in [-0.25, -0.2) is 17.5 Å². The molecule has 4 rings (SSSR count). The zero-order chi connectivity index (χ0) is 20.6. The molecule has 0 saturated heterocycles. The Morgan fingerprint density at radius 1 is 1.00 bits per heavy atom. The van der Waals surface area contributed by atoms with E-state index in [9.17, 15) is 18.0 Å². The average molecular weight is 411 g/mol. The molecule has 0 fully saturated rings. The van der Waals surface area contributed by atoms with Gasteiger partial charge in [-0.1, -0.05) is 36.4 Å². The van der Waals surface area contributed by atoms with Crippen molar-refractivity contribution in [2.75, 3.05) is 20.3 Å². The number of carbonyl (C=O) groups excluding carboxylic acids is 2. The van der Waals surface area contributed by atoms with Crippen molar-refractivity contribution in [3.8, 4) is 5.75 Å². The van der Waals surface area contributed by atoms with Crippen molar-refractivity contribution < 1.29 is 27.5 Å². The Kier molecular flexibility index (Phi) is 4.71. The zero-order valence-corrected chi connectivity index (χ0v) is 16.3. The number of esters is 1. The smallest absolute Gasteiger partial charge is 0.342 e. The maximum atomic E-state index is 12.5. The third kappa shape index (κ3) is 3.21. The zero-order valence-electron chi connectivity index (χ0n) is 15.5. The first-order valence-electron chi connectivity index (χ1n) is 8.83. The van der Waals surface area contributed by atoms with Crippen LogP contribution < -0.4 is 4.74 Å². The van der Waals surface area contributed by atoms with Gasteiger partial charge in [0, 0.05) is 0 Å². The second-order valence-electron chi connectivity index (χ2n) is 6.41. The summed E-state index contributed by atoms with van der Waals surface area (Å²) in [6.45, 7) is -0.536. The van der Waals surface area contributed by atoms with E-state index in [4.69, 9.17) is 9.47 Å². The summed E-state index contributed by atoms with van der Waals surface area (Å²) in [7, 11) is -2.48. The van der Waals surface area contributed by atoms with E-state index in [1.165, 1.54) is 19.2 Å². The average Bonchev–Trinajstić information content (AvgIpc) is 2.93. The summed E-state index contributed by atoms with van der Waals surface area (Å²) in [5, 5.41) is 1.75. The predicted molar refractivity (Wildman–Crippen MR) is 105 cm³/mol. The molecule has 3 aromatic carbocycles. The number of nitrogens with zero attached hydrogens (tertiary/aromatic N) is 1. The maximum Gasteiger partial charge on any atom is 0.342 e. The number of methoxy groups -OCH3 is 1. The number of benzene rings is 3. The lowest BCUT2D eigenvalue weighted by Gasteiger charge is -2.15. The molecule has 1 aliphatic heterocycles. The number of carbonyl (C=O) groups is 2. The van der Waals surface area contributed by atoms with Gasteiger partial charge in [-0.2, -0.15) is 0 Å². The fourth-order valence-electron chi connectivity index (χ4n) is 3.30. The van der Waals surface area contributed by atoms with Crippen LogP contribution in [0.5, 0.6) is 5.75 Å². The highest BCUT2D eigenvalue weighted by molar-refractivity contribution is 7.90. The second kappa shape index (κ2) is 7.21. The van der Waals surface area contributed by atoms with Crippen LogP contribution in [0.3, 0.4) is 0 Å². The summed E-state index contributed by atoms with van der Waals surface area (Å²) >= 11 is 0. The molecule has 0 bridgehead atoms. The number of hydrogen-bond acceptors (Lipinski definition) is 6. The van der Waals surface area contributed by atoms with E-state index in [-0.39, 0.29) is 29.2 Å². The molecule has 1 aliphatic rings. The monoisotopic (exact) mass is 411 g/mol. The van der Waals surface area contributed by atoms with Gasteiger partial charge >= 0.3 is 5.97 Å². The minimum Gasteiger partial charge on any atom is -0.496 e. The largest absolute Gasteiger partial charge is 0.496 e. The van der Waals surface area contributed by atoms with E-state index in [2.05, 4.69) is 0 Å². The first-order chi connectivity index (χ1) is 13.9. The van der Waals surface area contributed by atoms with Gasteiger partial charge in [-0.15, -0.1) is 0 Å². The molecule has 29 heavy (non-hydrogen) atoms. The van der Waals surface area contributed by atoms with Gasteiger partial charge in [0.2, 0.25) is 0 Å². The molecule has 8 heteroatoms. The summed E-state index contributed by atoms with van der Waals surface area (Å²) in [6, 6.07) is 16.9. The van der Waals surface area contributed by atoms with Crippen LogP contribution in [-0.2, 0) is 14.8 Å². The van der Waals surface area contributed by atoms with E-state index in [0.717, 1.165) is 15.1 Å². The highest BCUT2D eigenvalue weighted by Gasteiger charge is 2.40. The van der Waals surface area contributed by atoms with Crippen LogP contribution in [0.4, 0.5) is 0 Å². The van der Waals surface area contributed by atoms with Crippen molar-refractivity contribution in [1.82, 2.24) is 4.31 Å². The molecule has 3 aromatic rings. The molecule has 1 amide bonds. The second-order valence-corrected chi connectivity index (χ2v) is 8.24. The first kappa shape index (κ1) is 18.9. The molecule has 0 unspecified atom stereocenters. The van der Waals surface area contributed by atoms with E-state index < -0.39 is 21.9 Å². The maximum absolute atomic E-state index is 12.5. The number of sulfonamides is 1. The molecule has 0 aliphatic carbocycles. The molecule has 1 heterocycles. The lowest BCUT2D eigenvalue weighted by atomic mass is 10.1. The number of amides is 1. The van der Waals surface area contributed by atoms with Crippen LogP contribution in [0.2, 0.25) is 0 Å². The molecule has 148 valence electrons. The van der Waals surface area contributed by atoms with Gasteiger partial charge in [0.15, 0.2) is 0 Å². The van der Waals surface area contributed by atoms with Gasteiger partial charge in [0.1, 0.15) is 22.8 Å². The van der Waals surface area contributed by atoms with Crippen molar-refractivity contribution >= 4 is 32.7 Å². The summed E-state index contributed by atoms with van der Waals surface area (Å²) in [6.07, 6.45) is 0. The quantitative estimate of drug-likeness (QED) is 0.600. The Morgan fingerprint density at radius 2 is 1.66 bits per heavy atom. The topological polar surface area (TPSA) is 90.0 Å². The van der Waals surface area contributed by atoms with Crippen molar-refractivity contribution in [3.63, 3.8) is 0 Å². The Labute approximate surface area is 167 Å². The third-order valence-corrected chi connectivity index (χ3v) is 6.57. The molecule has 0 atom stereocenters. The van der Waals surface area contributed by atoms with E-state index in [1.807, 2.05) is 24.3 Å². The van der Waals surface area contributed by atoms with Gasteiger partial charge in [-0.05, 0) is 35.0 Å². The fraction of sp³-hybridized carbons (Fsp3) is 0.143. The summed E-state index contributed by atoms with van der Waals surface area (Å²) < 4.78 is 36.3. The van der Waals surface area contributed by atoms with Crippen molar-refractivity contribution in [3.05, 3.63) is 71.8 Å². The van der Waals surface area contributed by atoms with Crippen LogP contribution >= 0.6 is 0 Å². The van der Waals surface area contributed by atoms with Crippen molar-refractivity contribution in [2.45, 2.75) is 4.90 Å². The lowest BCUT2D eigenvalue weighted by Crippen LogP contribution is -2.33. The first-order valence-corrected chi connectivity index (χ1v) is 10.3. The molecular formula is C21H17NO6S. The molecule has 0 spiro atoms. The number of rotatable bonds is 5. The van der Waals surface area contributed by atoms with Crippen LogP contribution in [0.15, 0.2) is 65.6 Å². The fourth-order valence-corrected chi connectivity index (χ4v) is 4.85. The van der Waals surface area contributed by atoms with E-state index >= 15 is 0 Å². The Morgan fingerprint density at radius 3 is 2.34 bits per heavy atom. The van der Waals surface area contributed by atoms with Gasteiger partial charge in [0.05, 0.1) is 19.2 Å². The molecular weight excluding hydrogens is 394 g/mol. The minimum atomic E-state index is -3.93. The van der Waals surface area contributed by atoms with Crippen LogP contribution in [-0.4, -0.2) is 44.9 Å². The SMILES string of the molecule is COc1cc2ccccc2cc1C(=O)OCCN1C(=O)c2ccccc2S1(=O)=O. The highest BCUT2D eigenvalue weighted by Crippen LogP contribution is 2.30. The summed E-state index contributed by atoms with van der Waals surface area (Å²) in [5.41, 5.74) is 0.347. The van der Waals surface area contributed by atoms with E-state index in [0.29, 0.717) is 5.75 Å². The van der Waals surface area contributed by atoms with Gasteiger partial charge in [-0.3, -0.25) is 4.79 Å². The van der Waals surface area contributed by atoms with Gasteiger partial charge < -0.3 is 9.47 Å². The van der Waals surface area contributed by atoms with Crippen molar-refractivity contribution in [1.29, 1.82) is 0 Å². The molecule has 0 aromatic heterocycles. The molecule has 0 N–H and O–H groups in total. The third-order valence-electron chi connectivity index (χ3n) is 4.73.